The molecule has 1 saturated carbocycles. The Labute approximate surface area is 133 Å². The van der Waals surface area contributed by atoms with Crippen molar-refractivity contribution in [2.24, 2.45) is 5.41 Å². The van der Waals surface area contributed by atoms with E-state index >= 15 is 0 Å². The Kier molecular flexibility index (Phi) is 3.41. The molecule has 0 radical (unpaired) electrons. The summed E-state index contributed by atoms with van der Waals surface area (Å²) in [5.74, 6) is 0. The zero-order valence-electron chi connectivity index (χ0n) is 13.4. The lowest BCUT2D eigenvalue weighted by Gasteiger charge is -2.42. The van der Waals surface area contributed by atoms with Crippen LogP contribution >= 0.6 is 0 Å². The maximum Gasteiger partial charge on any atom is -0.00574 e. The number of hydrogen-bond donors (Lipinski definition) is 0. The number of fused-ring (bicyclic) bond motifs is 1. The van der Waals surface area contributed by atoms with Crippen LogP contribution in [0.1, 0.15) is 50.2 Å². The standard InChI is InChI=1S/C22H24/c1-2-22(12-7-13-22)16-17-14-19-10-6-11-20(21(19)15-17)18-8-4-3-5-9-18/h3-6,8-11,15H,2,7,12-14,16H2,1H3. The Morgan fingerprint density at radius 1 is 0.955 bits per heavy atom. The molecule has 4 rings (SSSR count). The van der Waals surface area contributed by atoms with Crippen molar-refractivity contribution in [3.8, 4) is 11.1 Å². The van der Waals surface area contributed by atoms with E-state index in [0.717, 1.165) is 6.42 Å². The van der Waals surface area contributed by atoms with Gasteiger partial charge in [0.05, 0.1) is 0 Å². The van der Waals surface area contributed by atoms with Crippen molar-refractivity contribution in [2.75, 3.05) is 0 Å². The molecule has 2 aliphatic rings. The van der Waals surface area contributed by atoms with Crippen molar-refractivity contribution in [2.45, 2.75) is 45.4 Å². The second kappa shape index (κ2) is 5.43. The minimum absolute atomic E-state index is 0.626. The van der Waals surface area contributed by atoms with Crippen molar-refractivity contribution in [1.82, 2.24) is 0 Å². The third-order valence-corrected chi connectivity index (χ3v) is 5.81. The van der Waals surface area contributed by atoms with Gasteiger partial charge in [-0.05, 0) is 53.4 Å². The molecule has 112 valence electrons. The van der Waals surface area contributed by atoms with E-state index in [1.165, 1.54) is 54.4 Å². The molecular formula is C22H24. The third-order valence-electron chi connectivity index (χ3n) is 5.81. The van der Waals surface area contributed by atoms with E-state index in [1.807, 2.05) is 0 Å². The largest absolute Gasteiger partial charge is 0.0648 e. The summed E-state index contributed by atoms with van der Waals surface area (Å²) in [5.41, 5.74) is 8.00. The monoisotopic (exact) mass is 288 g/mol. The average molecular weight is 288 g/mol. The molecule has 2 aliphatic carbocycles. The Balaban J connectivity index is 1.67. The zero-order chi connectivity index (χ0) is 15.0. The van der Waals surface area contributed by atoms with Gasteiger partial charge in [-0.15, -0.1) is 0 Å². The average Bonchev–Trinajstić information content (AvgIpc) is 2.94. The highest BCUT2D eigenvalue weighted by molar-refractivity contribution is 5.80. The smallest absolute Gasteiger partial charge is 0.00574 e. The molecule has 0 nitrogen and oxygen atoms in total. The Hall–Kier alpha value is -1.82. The number of benzene rings is 2. The first-order valence-electron chi connectivity index (χ1n) is 8.66. The van der Waals surface area contributed by atoms with Crippen LogP contribution in [0.5, 0.6) is 0 Å². The van der Waals surface area contributed by atoms with Crippen LogP contribution in [0.3, 0.4) is 0 Å². The number of allylic oxidation sites excluding steroid dienone is 1. The van der Waals surface area contributed by atoms with Gasteiger partial charge in [-0.1, -0.05) is 79.9 Å². The fourth-order valence-electron chi connectivity index (χ4n) is 4.23. The molecule has 0 bridgehead atoms. The topological polar surface area (TPSA) is 0 Å². The van der Waals surface area contributed by atoms with E-state index in [4.69, 9.17) is 0 Å². The Morgan fingerprint density at radius 3 is 2.45 bits per heavy atom. The summed E-state index contributed by atoms with van der Waals surface area (Å²) >= 11 is 0. The summed E-state index contributed by atoms with van der Waals surface area (Å²) in [6, 6.07) is 17.6. The fraction of sp³-hybridized carbons (Fsp3) is 0.364. The van der Waals surface area contributed by atoms with Gasteiger partial charge in [0.25, 0.3) is 0 Å². The lowest BCUT2D eigenvalue weighted by molar-refractivity contribution is 0.127. The number of rotatable bonds is 4. The Morgan fingerprint density at radius 2 is 1.77 bits per heavy atom. The third kappa shape index (κ3) is 2.31. The number of hydrogen-bond acceptors (Lipinski definition) is 0. The van der Waals surface area contributed by atoms with Crippen LogP contribution in [0.2, 0.25) is 0 Å². The normalized spacial score (nSPS) is 18.5. The zero-order valence-corrected chi connectivity index (χ0v) is 13.4. The van der Waals surface area contributed by atoms with Gasteiger partial charge < -0.3 is 0 Å². The van der Waals surface area contributed by atoms with E-state index in [-0.39, 0.29) is 0 Å². The van der Waals surface area contributed by atoms with E-state index in [1.54, 1.807) is 5.57 Å². The lowest BCUT2D eigenvalue weighted by Crippen LogP contribution is -2.28. The second-order valence-electron chi connectivity index (χ2n) is 7.11. The fourth-order valence-corrected chi connectivity index (χ4v) is 4.23. The SMILES string of the molecule is CCC1(CC2=Cc3c(cccc3-c3ccccc3)C2)CCC1. The highest BCUT2D eigenvalue weighted by Crippen LogP contribution is 2.50. The molecular weight excluding hydrogens is 264 g/mol. The molecule has 0 heterocycles. The van der Waals surface area contributed by atoms with Crippen LogP contribution in [0, 0.1) is 5.41 Å². The van der Waals surface area contributed by atoms with E-state index in [9.17, 15) is 0 Å². The van der Waals surface area contributed by atoms with Gasteiger partial charge in [0.1, 0.15) is 0 Å². The van der Waals surface area contributed by atoms with Crippen LogP contribution < -0.4 is 0 Å². The molecule has 0 unspecified atom stereocenters. The van der Waals surface area contributed by atoms with Crippen LogP contribution in [-0.2, 0) is 6.42 Å². The minimum Gasteiger partial charge on any atom is -0.0648 e. The van der Waals surface area contributed by atoms with Gasteiger partial charge in [-0.3, -0.25) is 0 Å². The molecule has 0 amide bonds. The molecule has 0 heteroatoms. The highest BCUT2D eigenvalue weighted by Gasteiger charge is 2.36. The summed E-state index contributed by atoms with van der Waals surface area (Å²) in [5, 5.41) is 0. The van der Waals surface area contributed by atoms with Crippen LogP contribution in [-0.4, -0.2) is 0 Å². The van der Waals surface area contributed by atoms with Crippen molar-refractivity contribution < 1.29 is 0 Å². The van der Waals surface area contributed by atoms with Gasteiger partial charge in [0.15, 0.2) is 0 Å². The molecule has 0 spiro atoms. The van der Waals surface area contributed by atoms with Crippen molar-refractivity contribution in [3.05, 3.63) is 65.2 Å². The molecule has 1 fully saturated rings. The maximum absolute atomic E-state index is 2.49. The molecule has 2 aromatic rings. The molecule has 2 aromatic carbocycles. The molecule has 0 aliphatic heterocycles. The summed E-state index contributed by atoms with van der Waals surface area (Å²) in [6.45, 7) is 2.37. The second-order valence-corrected chi connectivity index (χ2v) is 7.11. The maximum atomic E-state index is 2.49. The van der Waals surface area contributed by atoms with Gasteiger partial charge in [0, 0.05) is 0 Å². The van der Waals surface area contributed by atoms with Crippen LogP contribution in [0.4, 0.5) is 0 Å². The first-order chi connectivity index (χ1) is 10.8. The molecule has 0 aromatic heterocycles. The first kappa shape index (κ1) is 13.8. The molecule has 0 saturated heterocycles. The summed E-state index contributed by atoms with van der Waals surface area (Å²) in [4.78, 5) is 0. The summed E-state index contributed by atoms with van der Waals surface area (Å²) in [6.07, 6.45) is 10.6. The van der Waals surface area contributed by atoms with E-state index in [2.05, 4.69) is 61.5 Å². The Bertz CT molecular complexity index is 697. The van der Waals surface area contributed by atoms with E-state index in [0.29, 0.717) is 5.41 Å². The van der Waals surface area contributed by atoms with Gasteiger partial charge >= 0.3 is 0 Å². The van der Waals surface area contributed by atoms with Crippen LogP contribution in [0.15, 0.2) is 54.1 Å². The first-order valence-corrected chi connectivity index (χ1v) is 8.66. The quantitative estimate of drug-likeness (QED) is 0.622. The molecule has 22 heavy (non-hydrogen) atoms. The van der Waals surface area contributed by atoms with Crippen molar-refractivity contribution in [1.29, 1.82) is 0 Å². The molecule has 0 N–H and O–H groups in total. The molecule has 0 atom stereocenters. The predicted octanol–water partition coefficient (Wildman–Crippen LogP) is 6.26. The predicted molar refractivity (Wildman–Crippen MR) is 94.8 cm³/mol. The van der Waals surface area contributed by atoms with E-state index < -0.39 is 0 Å². The van der Waals surface area contributed by atoms with Gasteiger partial charge in [-0.2, -0.15) is 0 Å². The van der Waals surface area contributed by atoms with Crippen molar-refractivity contribution >= 4 is 6.08 Å². The lowest BCUT2D eigenvalue weighted by atomic mass is 9.63. The van der Waals surface area contributed by atoms with Gasteiger partial charge in [-0.25, -0.2) is 0 Å². The summed E-state index contributed by atoms with van der Waals surface area (Å²) < 4.78 is 0. The van der Waals surface area contributed by atoms with Crippen molar-refractivity contribution in [3.63, 3.8) is 0 Å². The van der Waals surface area contributed by atoms with Crippen LogP contribution in [0.25, 0.3) is 17.2 Å². The minimum atomic E-state index is 0.626. The van der Waals surface area contributed by atoms with Gasteiger partial charge in [0.2, 0.25) is 0 Å². The highest BCUT2D eigenvalue weighted by atomic mass is 14.4. The summed E-state index contributed by atoms with van der Waals surface area (Å²) in [7, 11) is 0.